The van der Waals surface area contributed by atoms with Crippen LogP contribution in [0.4, 0.5) is 0 Å². The van der Waals surface area contributed by atoms with Crippen LogP contribution in [-0.2, 0) is 16.8 Å². The zero-order valence-electron chi connectivity index (χ0n) is 13.1. The second-order valence-corrected chi connectivity index (χ2v) is 8.13. The summed E-state index contributed by atoms with van der Waals surface area (Å²) < 4.78 is 29.2. The maximum absolute atomic E-state index is 13.0. The Balaban J connectivity index is 1.75. The van der Waals surface area contributed by atoms with Crippen molar-refractivity contribution >= 4 is 10.2 Å². The molecule has 0 radical (unpaired) electrons. The van der Waals surface area contributed by atoms with Crippen molar-refractivity contribution in [2.24, 2.45) is 0 Å². The lowest BCUT2D eigenvalue weighted by molar-refractivity contribution is 0.326. The van der Waals surface area contributed by atoms with Crippen molar-refractivity contribution in [3.05, 3.63) is 35.9 Å². The van der Waals surface area contributed by atoms with Gasteiger partial charge in [0.25, 0.3) is 10.2 Å². The van der Waals surface area contributed by atoms with Crippen molar-refractivity contribution < 1.29 is 8.42 Å². The Hall–Kier alpha value is -0.950. The van der Waals surface area contributed by atoms with Gasteiger partial charge in [-0.2, -0.15) is 17.0 Å². The van der Waals surface area contributed by atoms with Crippen LogP contribution in [0.2, 0.25) is 0 Å². The number of benzene rings is 1. The van der Waals surface area contributed by atoms with Gasteiger partial charge in [-0.3, -0.25) is 0 Å². The fraction of sp³-hybridized carbons (Fsp3) is 0.625. The van der Waals surface area contributed by atoms with E-state index in [4.69, 9.17) is 0 Å². The molecule has 0 aromatic heterocycles. The predicted molar refractivity (Wildman–Crippen MR) is 87.6 cm³/mol. The van der Waals surface area contributed by atoms with Crippen molar-refractivity contribution in [1.82, 2.24) is 13.9 Å². The first-order valence-corrected chi connectivity index (χ1v) is 9.54. The highest BCUT2D eigenvalue weighted by atomic mass is 32.2. The highest BCUT2D eigenvalue weighted by Crippen LogP contribution is 2.23. The second-order valence-electron chi connectivity index (χ2n) is 6.20. The number of hydrogen-bond acceptors (Lipinski definition) is 3. The maximum atomic E-state index is 13.0. The molecule has 2 unspecified atom stereocenters. The van der Waals surface area contributed by atoms with Gasteiger partial charge in [-0.15, -0.1) is 0 Å². The first-order valence-electron chi connectivity index (χ1n) is 8.15. The highest BCUT2D eigenvalue weighted by Gasteiger charge is 2.36. The quantitative estimate of drug-likeness (QED) is 0.895. The van der Waals surface area contributed by atoms with E-state index >= 15 is 0 Å². The van der Waals surface area contributed by atoms with E-state index in [2.05, 4.69) is 5.32 Å². The van der Waals surface area contributed by atoms with Crippen molar-refractivity contribution in [1.29, 1.82) is 0 Å². The Morgan fingerprint density at radius 2 is 1.91 bits per heavy atom. The lowest BCUT2D eigenvalue weighted by atomic mass is 10.1. The van der Waals surface area contributed by atoms with Crippen LogP contribution < -0.4 is 5.32 Å². The number of hydrogen-bond donors (Lipinski definition) is 1. The lowest BCUT2D eigenvalue weighted by Gasteiger charge is -2.30. The van der Waals surface area contributed by atoms with Crippen LogP contribution in [0.25, 0.3) is 0 Å². The molecule has 5 nitrogen and oxygen atoms in total. The standard InChI is InChI=1S/C16H25N3O2S/c1-2-18(12-14-6-4-3-5-7-14)22(20,21)19-11-10-15-8-9-16(13-19)17-15/h3-7,15-17H,2,8-13H2,1H3. The minimum Gasteiger partial charge on any atom is -0.310 e. The monoisotopic (exact) mass is 323 g/mol. The zero-order valence-corrected chi connectivity index (χ0v) is 13.9. The van der Waals surface area contributed by atoms with E-state index in [1.54, 1.807) is 8.61 Å². The summed E-state index contributed by atoms with van der Waals surface area (Å²) in [5.74, 6) is 0. The molecule has 2 aliphatic heterocycles. The summed E-state index contributed by atoms with van der Waals surface area (Å²) in [6, 6.07) is 10.6. The molecule has 2 saturated heterocycles. The Bertz CT molecular complexity index is 591. The van der Waals surface area contributed by atoms with Gasteiger partial charge in [-0.05, 0) is 24.8 Å². The third kappa shape index (κ3) is 3.35. The summed E-state index contributed by atoms with van der Waals surface area (Å²) >= 11 is 0. The molecule has 0 amide bonds. The average Bonchev–Trinajstić information content (AvgIpc) is 2.84. The maximum Gasteiger partial charge on any atom is 0.282 e. The number of rotatable bonds is 5. The average molecular weight is 323 g/mol. The normalized spacial score (nSPS) is 26.3. The molecule has 2 aliphatic rings. The van der Waals surface area contributed by atoms with E-state index < -0.39 is 10.2 Å². The predicted octanol–water partition coefficient (Wildman–Crippen LogP) is 1.58. The minimum atomic E-state index is -3.39. The van der Waals surface area contributed by atoms with E-state index in [-0.39, 0.29) is 0 Å². The SMILES string of the molecule is CCN(Cc1ccccc1)S(=O)(=O)N1CCC2CCC(C1)N2. The molecule has 0 spiro atoms. The van der Waals surface area contributed by atoms with E-state index in [1.165, 1.54) is 6.42 Å². The van der Waals surface area contributed by atoms with Gasteiger partial charge >= 0.3 is 0 Å². The van der Waals surface area contributed by atoms with Gasteiger partial charge in [0.1, 0.15) is 0 Å². The topological polar surface area (TPSA) is 52.7 Å². The molecular weight excluding hydrogens is 298 g/mol. The largest absolute Gasteiger partial charge is 0.310 e. The summed E-state index contributed by atoms with van der Waals surface area (Å²) in [5.41, 5.74) is 1.03. The fourth-order valence-corrected chi connectivity index (χ4v) is 5.10. The summed E-state index contributed by atoms with van der Waals surface area (Å²) in [6.07, 6.45) is 3.18. The van der Waals surface area contributed by atoms with Crippen LogP contribution in [-0.4, -0.2) is 48.7 Å². The molecule has 2 heterocycles. The van der Waals surface area contributed by atoms with Crippen molar-refractivity contribution in [2.75, 3.05) is 19.6 Å². The van der Waals surface area contributed by atoms with Crippen LogP contribution >= 0.6 is 0 Å². The smallest absolute Gasteiger partial charge is 0.282 e. The van der Waals surface area contributed by atoms with Crippen LogP contribution in [0, 0.1) is 0 Å². The van der Waals surface area contributed by atoms with Gasteiger partial charge in [0, 0.05) is 38.3 Å². The highest BCUT2D eigenvalue weighted by molar-refractivity contribution is 7.86. The molecule has 22 heavy (non-hydrogen) atoms. The van der Waals surface area contributed by atoms with E-state index in [1.807, 2.05) is 37.3 Å². The molecule has 1 aromatic rings. The van der Waals surface area contributed by atoms with Gasteiger partial charge < -0.3 is 5.32 Å². The Morgan fingerprint density at radius 3 is 2.64 bits per heavy atom. The molecule has 2 bridgehead atoms. The van der Waals surface area contributed by atoms with E-state index in [0.717, 1.165) is 18.4 Å². The third-order valence-corrected chi connectivity index (χ3v) is 6.72. The molecule has 2 atom stereocenters. The summed E-state index contributed by atoms with van der Waals surface area (Å²) in [4.78, 5) is 0. The summed E-state index contributed by atoms with van der Waals surface area (Å²) in [5, 5.41) is 3.54. The second kappa shape index (κ2) is 6.66. The molecule has 1 N–H and O–H groups in total. The molecule has 6 heteroatoms. The van der Waals surface area contributed by atoms with Crippen molar-refractivity contribution in [3.63, 3.8) is 0 Å². The first-order chi connectivity index (χ1) is 10.6. The van der Waals surface area contributed by atoms with Crippen LogP contribution in [0.5, 0.6) is 0 Å². The first kappa shape index (κ1) is 15.9. The van der Waals surface area contributed by atoms with E-state index in [9.17, 15) is 8.42 Å². The van der Waals surface area contributed by atoms with Gasteiger partial charge in [0.15, 0.2) is 0 Å². The fourth-order valence-electron chi connectivity index (χ4n) is 3.43. The van der Waals surface area contributed by atoms with Crippen molar-refractivity contribution in [2.45, 2.75) is 44.8 Å². The van der Waals surface area contributed by atoms with Gasteiger partial charge in [-0.1, -0.05) is 37.3 Å². The molecule has 1 aromatic carbocycles. The molecular formula is C16H25N3O2S. The van der Waals surface area contributed by atoms with Crippen molar-refractivity contribution in [3.8, 4) is 0 Å². The van der Waals surface area contributed by atoms with Gasteiger partial charge in [-0.25, -0.2) is 0 Å². The van der Waals surface area contributed by atoms with Crippen LogP contribution in [0.3, 0.4) is 0 Å². The molecule has 0 aliphatic carbocycles. The Labute approximate surface area is 133 Å². The number of fused-ring (bicyclic) bond motifs is 2. The molecule has 2 fully saturated rings. The number of nitrogens with one attached hydrogen (secondary N) is 1. The summed E-state index contributed by atoms with van der Waals surface area (Å²) in [6.45, 7) is 4.07. The Morgan fingerprint density at radius 1 is 1.18 bits per heavy atom. The van der Waals surface area contributed by atoms with Crippen LogP contribution in [0.15, 0.2) is 30.3 Å². The van der Waals surface area contributed by atoms with Crippen LogP contribution in [0.1, 0.15) is 31.7 Å². The zero-order chi connectivity index (χ0) is 15.6. The van der Waals surface area contributed by atoms with Gasteiger partial charge in [0.05, 0.1) is 0 Å². The number of nitrogens with zero attached hydrogens (tertiary/aromatic N) is 2. The minimum absolute atomic E-state index is 0.317. The molecule has 0 saturated carbocycles. The Kier molecular flexibility index (Phi) is 4.82. The third-order valence-electron chi connectivity index (χ3n) is 4.69. The molecule has 122 valence electrons. The summed E-state index contributed by atoms with van der Waals surface area (Å²) in [7, 11) is -3.39. The lowest BCUT2D eigenvalue weighted by Crippen LogP contribution is -2.46. The van der Waals surface area contributed by atoms with E-state index in [0.29, 0.717) is 38.3 Å². The van der Waals surface area contributed by atoms with Gasteiger partial charge in [0.2, 0.25) is 0 Å². The molecule has 3 rings (SSSR count).